The lowest BCUT2D eigenvalue weighted by molar-refractivity contribution is -0.124. The van der Waals surface area contributed by atoms with Crippen LogP contribution in [0.15, 0.2) is 0 Å². The molecule has 3 N–H and O–H groups in total. The van der Waals surface area contributed by atoms with Crippen LogP contribution >= 0.6 is 0 Å². The van der Waals surface area contributed by atoms with Gasteiger partial charge >= 0.3 is 0 Å². The van der Waals surface area contributed by atoms with E-state index >= 15 is 0 Å². The van der Waals surface area contributed by atoms with E-state index in [-0.39, 0.29) is 5.91 Å². The number of carbonyl (C=O) groups excluding carboxylic acids is 1. The number of amides is 1. The van der Waals surface area contributed by atoms with Crippen molar-refractivity contribution in [3.05, 3.63) is 0 Å². The zero-order chi connectivity index (χ0) is 15.2. The fourth-order valence-corrected chi connectivity index (χ4v) is 3.09. The number of rotatable bonds is 8. The van der Waals surface area contributed by atoms with Crippen molar-refractivity contribution >= 4 is 5.91 Å². The summed E-state index contributed by atoms with van der Waals surface area (Å²) in [6.07, 6.45) is 3.30. The van der Waals surface area contributed by atoms with Gasteiger partial charge in [0.2, 0.25) is 5.91 Å². The number of likely N-dealkylation sites (tertiary alicyclic amines) is 1. The molecule has 0 bridgehead atoms. The topological polar surface area (TPSA) is 67.6 Å². The van der Waals surface area contributed by atoms with E-state index in [4.69, 9.17) is 10.5 Å². The molecule has 1 aliphatic rings. The number of hydrogen-bond acceptors (Lipinski definition) is 4. The summed E-state index contributed by atoms with van der Waals surface area (Å²) < 4.78 is 5.68. The predicted octanol–water partition coefficient (Wildman–Crippen LogP) is 1.12. The van der Waals surface area contributed by atoms with E-state index < -0.39 is 5.54 Å². The molecule has 1 heterocycles. The lowest BCUT2D eigenvalue weighted by Crippen LogP contribution is -2.57. The molecular weight excluding hydrogens is 254 g/mol. The van der Waals surface area contributed by atoms with Crippen molar-refractivity contribution in [2.75, 3.05) is 26.2 Å². The molecule has 0 aromatic carbocycles. The molecule has 0 aromatic heterocycles. The highest BCUT2D eigenvalue weighted by Gasteiger charge is 2.34. The standard InChI is InChI=1S/C15H31N3O2/c1-5-17-15(4,14(16)19)11-12(3)18-9-7-13(8-10-18)20-6-2/h12-13,17H,5-11H2,1-4H3,(H2,16,19). The molecule has 0 saturated carbocycles. The molecule has 5 heteroatoms. The highest BCUT2D eigenvalue weighted by Crippen LogP contribution is 2.21. The Kier molecular flexibility index (Phi) is 6.92. The maximum Gasteiger partial charge on any atom is 0.237 e. The van der Waals surface area contributed by atoms with E-state index in [1.54, 1.807) is 0 Å². The van der Waals surface area contributed by atoms with Gasteiger partial charge in [0.15, 0.2) is 0 Å². The molecule has 0 aliphatic carbocycles. The summed E-state index contributed by atoms with van der Waals surface area (Å²) in [7, 11) is 0. The van der Waals surface area contributed by atoms with Gasteiger partial charge < -0.3 is 20.7 Å². The average molecular weight is 285 g/mol. The van der Waals surface area contributed by atoms with Gasteiger partial charge in [0, 0.05) is 25.7 Å². The Labute approximate surface area is 123 Å². The number of ether oxygens (including phenoxy) is 1. The van der Waals surface area contributed by atoms with Gasteiger partial charge in [-0.05, 0) is 46.6 Å². The molecule has 1 saturated heterocycles. The van der Waals surface area contributed by atoms with Gasteiger partial charge in [0.1, 0.15) is 0 Å². The lowest BCUT2D eigenvalue weighted by atomic mass is 9.91. The summed E-state index contributed by atoms with van der Waals surface area (Å²) >= 11 is 0. The molecule has 1 rings (SSSR count). The van der Waals surface area contributed by atoms with Gasteiger partial charge in [-0.2, -0.15) is 0 Å². The lowest BCUT2D eigenvalue weighted by Gasteiger charge is -2.39. The normalized spacial score (nSPS) is 22.4. The van der Waals surface area contributed by atoms with Crippen molar-refractivity contribution in [2.24, 2.45) is 5.73 Å². The van der Waals surface area contributed by atoms with Crippen LogP contribution in [-0.2, 0) is 9.53 Å². The SMILES string of the molecule is CCNC(C)(CC(C)N1CCC(OCC)CC1)C(N)=O. The van der Waals surface area contributed by atoms with Crippen molar-refractivity contribution in [1.82, 2.24) is 10.2 Å². The largest absolute Gasteiger partial charge is 0.378 e. The monoisotopic (exact) mass is 285 g/mol. The van der Waals surface area contributed by atoms with Crippen LogP contribution < -0.4 is 11.1 Å². The minimum Gasteiger partial charge on any atom is -0.378 e. The second kappa shape index (κ2) is 7.96. The van der Waals surface area contributed by atoms with Gasteiger partial charge in [0.25, 0.3) is 0 Å². The van der Waals surface area contributed by atoms with Crippen molar-refractivity contribution in [1.29, 1.82) is 0 Å². The molecular formula is C15H31N3O2. The third-order valence-corrected chi connectivity index (χ3v) is 4.32. The quantitative estimate of drug-likeness (QED) is 0.701. The first-order valence-electron chi connectivity index (χ1n) is 7.83. The summed E-state index contributed by atoms with van der Waals surface area (Å²) in [5, 5.41) is 3.23. The van der Waals surface area contributed by atoms with Crippen LogP contribution in [0.4, 0.5) is 0 Å². The van der Waals surface area contributed by atoms with Gasteiger partial charge in [0.05, 0.1) is 11.6 Å². The first-order chi connectivity index (χ1) is 9.42. The number of nitrogens with two attached hydrogens (primary N) is 1. The second-order valence-electron chi connectivity index (χ2n) is 5.97. The minimum absolute atomic E-state index is 0.268. The summed E-state index contributed by atoms with van der Waals surface area (Å²) in [5.41, 5.74) is 4.94. The van der Waals surface area contributed by atoms with E-state index in [0.29, 0.717) is 12.1 Å². The van der Waals surface area contributed by atoms with E-state index in [1.165, 1.54) is 0 Å². The average Bonchev–Trinajstić information content (AvgIpc) is 2.40. The minimum atomic E-state index is -0.620. The highest BCUT2D eigenvalue weighted by atomic mass is 16.5. The van der Waals surface area contributed by atoms with Crippen LogP contribution in [0, 0.1) is 0 Å². The molecule has 0 spiro atoms. The third-order valence-electron chi connectivity index (χ3n) is 4.32. The van der Waals surface area contributed by atoms with Gasteiger partial charge in [-0.25, -0.2) is 0 Å². The van der Waals surface area contributed by atoms with Crippen molar-refractivity contribution in [2.45, 2.75) is 64.6 Å². The molecule has 0 radical (unpaired) electrons. The number of hydrogen-bond donors (Lipinski definition) is 2. The van der Waals surface area contributed by atoms with Crippen LogP contribution in [0.3, 0.4) is 0 Å². The third kappa shape index (κ3) is 4.72. The highest BCUT2D eigenvalue weighted by molar-refractivity contribution is 5.84. The Morgan fingerprint density at radius 2 is 2.05 bits per heavy atom. The Balaban J connectivity index is 2.50. The van der Waals surface area contributed by atoms with Crippen LogP contribution in [0.1, 0.15) is 47.0 Å². The molecule has 5 nitrogen and oxygen atoms in total. The number of nitrogens with one attached hydrogen (secondary N) is 1. The number of piperidine rings is 1. The zero-order valence-corrected chi connectivity index (χ0v) is 13.4. The second-order valence-corrected chi connectivity index (χ2v) is 5.97. The van der Waals surface area contributed by atoms with Crippen molar-refractivity contribution in [3.63, 3.8) is 0 Å². The van der Waals surface area contributed by atoms with Crippen molar-refractivity contribution < 1.29 is 9.53 Å². The smallest absolute Gasteiger partial charge is 0.237 e. The number of nitrogens with zero attached hydrogens (tertiary/aromatic N) is 1. The maximum atomic E-state index is 11.7. The Hall–Kier alpha value is -0.650. The van der Waals surface area contributed by atoms with E-state index in [9.17, 15) is 4.79 Å². The molecule has 20 heavy (non-hydrogen) atoms. The van der Waals surface area contributed by atoms with Crippen LogP contribution in [0.5, 0.6) is 0 Å². The Morgan fingerprint density at radius 3 is 2.50 bits per heavy atom. The molecule has 1 aliphatic heterocycles. The van der Waals surface area contributed by atoms with Gasteiger partial charge in [-0.15, -0.1) is 0 Å². The molecule has 118 valence electrons. The van der Waals surface area contributed by atoms with E-state index in [2.05, 4.69) is 17.1 Å². The fourth-order valence-electron chi connectivity index (χ4n) is 3.09. The molecule has 2 atom stereocenters. The Bertz CT molecular complexity index is 303. The first kappa shape index (κ1) is 17.4. The van der Waals surface area contributed by atoms with Crippen molar-refractivity contribution in [3.8, 4) is 0 Å². The fraction of sp³-hybridized carbons (Fsp3) is 0.933. The number of carbonyl (C=O) groups is 1. The molecule has 1 amide bonds. The molecule has 0 aromatic rings. The number of likely N-dealkylation sites (N-methyl/N-ethyl adjacent to an activating group) is 1. The molecule has 2 unspecified atom stereocenters. The summed E-state index contributed by atoms with van der Waals surface area (Å²) in [6, 6.07) is 0.342. The Morgan fingerprint density at radius 1 is 1.45 bits per heavy atom. The van der Waals surface area contributed by atoms with Gasteiger partial charge in [-0.3, -0.25) is 4.79 Å². The zero-order valence-electron chi connectivity index (χ0n) is 13.4. The van der Waals surface area contributed by atoms with Gasteiger partial charge in [-0.1, -0.05) is 6.92 Å². The van der Waals surface area contributed by atoms with E-state index in [0.717, 1.165) is 45.5 Å². The molecule has 1 fully saturated rings. The van der Waals surface area contributed by atoms with E-state index in [1.807, 2.05) is 20.8 Å². The summed E-state index contributed by atoms with van der Waals surface area (Å²) in [5.74, 6) is -0.268. The van der Waals surface area contributed by atoms with Crippen LogP contribution in [0.25, 0.3) is 0 Å². The number of primary amides is 1. The first-order valence-corrected chi connectivity index (χ1v) is 7.83. The van der Waals surface area contributed by atoms with Crippen LogP contribution in [-0.4, -0.2) is 54.7 Å². The predicted molar refractivity (Wildman–Crippen MR) is 81.6 cm³/mol. The summed E-state index contributed by atoms with van der Waals surface area (Å²) in [6.45, 7) is 11.7. The van der Waals surface area contributed by atoms with Crippen LogP contribution in [0.2, 0.25) is 0 Å². The summed E-state index contributed by atoms with van der Waals surface area (Å²) in [4.78, 5) is 14.1. The maximum absolute atomic E-state index is 11.7.